The van der Waals surface area contributed by atoms with E-state index in [1.807, 2.05) is 38.1 Å². The van der Waals surface area contributed by atoms with Crippen LogP contribution in [0.5, 0.6) is 0 Å². The van der Waals surface area contributed by atoms with Gasteiger partial charge in [-0.2, -0.15) is 0 Å². The molecule has 0 aliphatic heterocycles. The fraction of sp³-hybridized carbons (Fsp3) is 0.538. The molecule has 0 spiro atoms. The van der Waals surface area contributed by atoms with Crippen LogP contribution in [0.25, 0.3) is 0 Å². The molecular weight excluding hydrogens is 219 g/mol. The van der Waals surface area contributed by atoms with Crippen LogP contribution in [0.1, 0.15) is 40.2 Å². The van der Waals surface area contributed by atoms with Gasteiger partial charge in [0.15, 0.2) is 0 Å². The quantitative estimate of drug-likeness (QED) is 0.756. The van der Waals surface area contributed by atoms with Crippen LogP contribution in [-0.2, 0) is 14.5 Å². The lowest BCUT2D eigenvalue weighted by molar-refractivity contribution is 0.261. The maximum atomic E-state index is 11.8. The lowest BCUT2D eigenvalue weighted by Gasteiger charge is -2.19. The van der Waals surface area contributed by atoms with Crippen molar-refractivity contribution in [2.75, 3.05) is 0 Å². The van der Waals surface area contributed by atoms with E-state index in [4.69, 9.17) is 4.52 Å². The summed E-state index contributed by atoms with van der Waals surface area (Å²) in [7, 11) is -2.08. The molecule has 0 radical (unpaired) electrons. The van der Waals surface area contributed by atoms with Crippen molar-refractivity contribution in [1.82, 2.24) is 0 Å². The van der Waals surface area contributed by atoms with Crippen LogP contribution in [0.3, 0.4) is 0 Å². The van der Waals surface area contributed by atoms with Crippen LogP contribution >= 0.6 is 8.03 Å². The van der Waals surface area contributed by atoms with Gasteiger partial charge < -0.3 is 4.52 Å². The highest BCUT2D eigenvalue weighted by Crippen LogP contribution is 2.26. The maximum Gasteiger partial charge on any atom is 0.220 e. The molecule has 0 saturated carbocycles. The zero-order chi connectivity index (χ0) is 12.3. The minimum Gasteiger partial charge on any atom is -0.325 e. The molecule has 3 heteroatoms. The van der Waals surface area contributed by atoms with Gasteiger partial charge in [0.1, 0.15) is 0 Å². The summed E-state index contributed by atoms with van der Waals surface area (Å²) in [5, 5.41) is 0.798. The van der Waals surface area contributed by atoms with Crippen LogP contribution in [0.2, 0.25) is 0 Å². The predicted molar refractivity (Wildman–Crippen MR) is 70.0 cm³/mol. The second-order valence-corrected chi connectivity index (χ2v) is 6.67. The average Bonchev–Trinajstić information content (AvgIpc) is 2.15. The molecule has 0 aliphatic rings. The molecule has 0 amide bonds. The SMILES string of the molecule is CC(C)O[PH](=O)c1ccc(C(C)(C)C)cc1. The van der Waals surface area contributed by atoms with Gasteiger partial charge in [-0.15, -0.1) is 0 Å². The van der Waals surface area contributed by atoms with Gasteiger partial charge in [-0.25, -0.2) is 0 Å². The molecular formula is C13H21O2P. The van der Waals surface area contributed by atoms with Crippen LogP contribution in [-0.4, -0.2) is 6.10 Å². The highest BCUT2D eigenvalue weighted by Gasteiger charge is 2.14. The van der Waals surface area contributed by atoms with Crippen molar-refractivity contribution in [3.63, 3.8) is 0 Å². The Bertz CT molecular complexity index is 361. The second kappa shape index (κ2) is 5.16. The number of benzene rings is 1. The molecule has 0 fully saturated rings. The summed E-state index contributed by atoms with van der Waals surface area (Å²) in [6.07, 6.45) is 0.00804. The van der Waals surface area contributed by atoms with E-state index in [1.165, 1.54) is 5.56 Å². The van der Waals surface area contributed by atoms with Gasteiger partial charge in [-0.3, -0.25) is 4.57 Å². The van der Waals surface area contributed by atoms with E-state index >= 15 is 0 Å². The summed E-state index contributed by atoms with van der Waals surface area (Å²) in [4.78, 5) is 0. The Kier molecular flexibility index (Phi) is 4.35. The highest BCUT2D eigenvalue weighted by atomic mass is 31.1. The van der Waals surface area contributed by atoms with Gasteiger partial charge >= 0.3 is 0 Å². The van der Waals surface area contributed by atoms with E-state index in [1.54, 1.807) is 0 Å². The molecule has 1 aromatic carbocycles. The molecule has 1 atom stereocenters. The third-order valence-electron chi connectivity index (χ3n) is 2.33. The Labute approximate surface area is 98.9 Å². The molecule has 1 aromatic rings. The second-order valence-electron chi connectivity index (χ2n) is 5.28. The monoisotopic (exact) mass is 240 g/mol. The van der Waals surface area contributed by atoms with Crippen molar-refractivity contribution in [3.8, 4) is 0 Å². The molecule has 0 aromatic heterocycles. The lowest BCUT2D eigenvalue weighted by atomic mass is 9.87. The summed E-state index contributed by atoms with van der Waals surface area (Å²) >= 11 is 0. The summed E-state index contributed by atoms with van der Waals surface area (Å²) in [6, 6.07) is 7.87. The van der Waals surface area contributed by atoms with Crippen molar-refractivity contribution in [1.29, 1.82) is 0 Å². The smallest absolute Gasteiger partial charge is 0.220 e. The summed E-state index contributed by atoms with van der Waals surface area (Å²) in [6.45, 7) is 10.3. The molecule has 16 heavy (non-hydrogen) atoms. The van der Waals surface area contributed by atoms with Gasteiger partial charge in [-0.1, -0.05) is 32.9 Å². The Morgan fingerprint density at radius 2 is 1.62 bits per heavy atom. The Balaban J connectivity index is 2.83. The van der Waals surface area contributed by atoms with Gasteiger partial charge in [-0.05, 0) is 37.0 Å². The van der Waals surface area contributed by atoms with Crippen LogP contribution in [0.15, 0.2) is 24.3 Å². The molecule has 0 aliphatic carbocycles. The van der Waals surface area contributed by atoms with Crippen LogP contribution < -0.4 is 5.30 Å². The Morgan fingerprint density at radius 1 is 1.12 bits per heavy atom. The standard InChI is InChI=1S/C13H21O2P/c1-10(2)15-16(14)12-8-6-11(7-9-12)13(3,4)5/h6-10,16H,1-5H3. The van der Waals surface area contributed by atoms with Gasteiger partial charge in [0.05, 0.1) is 6.10 Å². The highest BCUT2D eigenvalue weighted by molar-refractivity contribution is 7.48. The molecule has 90 valence electrons. The lowest BCUT2D eigenvalue weighted by Crippen LogP contribution is -2.12. The number of hydrogen-bond acceptors (Lipinski definition) is 2. The van der Waals surface area contributed by atoms with Crippen molar-refractivity contribution in [2.45, 2.75) is 46.1 Å². The summed E-state index contributed by atoms with van der Waals surface area (Å²) < 4.78 is 17.1. The minimum atomic E-state index is -2.08. The number of rotatable bonds is 3. The summed E-state index contributed by atoms with van der Waals surface area (Å²) in [5.74, 6) is 0. The number of hydrogen-bond donors (Lipinski definition) is 0. The zero-order valence-corrected chi connectivity index (χ0v) is 11.7. The molecule has 1 unspecified atom stereocenters. The molecule has 0 N–H and O–H groups in total. The molecule has 1 rings (SSSR count). The first-order chi connectivity index (χ1) is 7.30. The first-order valence-corrected chi connectivity index (χ1v) is 6.94. The zero-order valence-electron chi connectivity index (χ0n) is 10.7. The minimum absolute atomic E-state index is 0.00804. The predicted octanol–water partition coefficient (Wildman–Crippen LogP) is 3.51. The van der Waals surface area contributed by atoms with E-state index in [9.17, 15) is 4.57 Å². The van der Waals surface area contributed by atoms with E-state index in [-0.39, 0.29) is 11.5 Å². The largest absolute Gasteiger partial charge is 0.325 e. The molecule has 0 heterocycles. The third kappa shape index (κ3) is 3.77. The fourth-order valence-electron chi connectivity index (χ4n) is 1.39. The molecule has 0 saturated heterocycles. The van der Waals surface area contributed by atoms with Crippen molar-refractivity contribution in [3.05, 3.63) is 29.8 Å². The van der Waals surface area contributed by atoms with Crippen LogP contribution in [0.4, 0.5) is 0 Å². The van der Waals surface area contributed by atoms with Crippen molar-refractivity contribution < 1.29 is 9.09 Å². The summed E-state index contributed by atoms with van der Waals surface area (Å²) in [5.41, 5.74) is 1.38. The average molecular weight is 240 g/mol. The first kappa shape index (κ1) is 13.5. The fourth-order valence-corrected chi connectivity index (χ4v) is 2.39. The first-order valence-electron chi connectivity index (χ1n) is 5.62. The van der Waals surface area contributed by atoms with Crippen LogP contribution in [0, 0.1) is 0 Å². The molecule has 2 nitrogen and oxygen atoms in total. The van der Waals surface area contributed by atoms with Crippen molar-refractivity contribution in [2.24, 2.45) is 0 Å². The third-order valence-corrected chi connectivity index (χ3v) is 3.82. The van der Waals surface area contributed by atoms with Gasteiger partial charge in [0.2, 0.25) is 8.03 Å². The van der Waals surface area contributed by atoms with E-state index in [0.717, 1.165) is 5.30 Å². The van der Waals surface area contributed by atoms with E-state index < -0.39 is 8.03 Å². The van der Waals surface area contributed by atoms with Gasteiger partial charge in [0.25, 0.3) is 0 Å². The maximum absolute atomic E-state index is 11.8. The van der Waals surface area contributed by atoms with E-state index in [0.29, 0.717) is 0 Å². The Morgan fingerprint density at radius 3 is 2.00 bits per heavy atom. The van der Waals surface area contributed by atoms with Gasteiger partial charge in [0, 0.05) is 5.30 Å². The molecule has 0 bridgehead atoms. The topological polar surface area (TPSA) is 26.3 Å². The van der Waals surface area contributed by atoms with Crippen molar-refractivity contribution >= 4 is 13.3 Å². The normalized spacial score (nSPS) is 14.1. The van der Waals surface area contributed by atoms with E-state index in [2.05, 4.69) is 20.8 Å². The Hall–Kier alpha value is -0.590.